The smallest absolute Gasteiger partial charge is 0.216 e. The molecule has 0 fully saturated rings. The van der Waals surface area contributed by atoms with Crippen LogP contribution in [0.2, 0.25) is 0 Å². The number of benzene rings is 1. The molecule has 3 rings (SSSR count). The topological polar surface area (TPSA) is 52.3 Å². The highest BCUT2D eigenvalue weighted by Gasteiger charge is 2.15. The molecule has 0 saturated carbocycles. The summed E-state index contributed by atoms with van der Waals surface area (Å²) in [5.74, 6) is 1.71. The van der Waals surface area contributed by atoms with Gasteiger partial charge in [-0.3, -0.25) is 0 Å². The van der Waals surface area contributed by atoms with Gasteiger partial charge >= 0.3 is 0 Å². The number of rotatable bonds is 3. The summed E-state index contributed by atoms with van der Waals surface area (Å²) in [4.78, 5) is 1.09. The van der Waals surface area contributed by atoms with Gasteiger partial charge in [-0.05, 0) is 35.5 Å². The molecule has 6 heteroatoms. The highest BCUT2D eigenvalue weighted by molar-refractivity contribution is 8.08. The second-order valence-corrected chi connectivity index (χ2v) is 5.20. The third kappa shape index (κ3) is 2.34. The van der Waals surface area contributed by atoms with Gasteiger partial charge in [-0.15, -0.1) is 10.2 Å². The van der Waals surface area contributed by atoms with Gasteiger partial charge in [-0.2, -0.15) is 9.78 Å². The van der Waals surface area contributed by atoms with Crippen LogP contribution < -0.4 is 4.74 Å². The standard InChI is InChI=1S/C14H14N4OS/c1-3-13-16-17-14-18(13)15-9-8-12(20-14)10-4-6-11(19-2)7-5-10/h4-9H,3H2,1-2H3. The van der Waals surface area contributed by atoms with Crippen LogP contribution in [0, 0.1) is 0 Å². The number of aromatic nitrogens is 3. The van der Waals surface area contributed by atoms with Crippen molar-refractivity contribution in [2.45, 2.75) is 18.5 Å². The fraction of sp³-hybridized carbons (Fsp3) is 0.214. The number of nitrogens with zero attached hydrogens (tertiary/aromatic N) is 4. The van der Waals surface area contributed by atoms with Crippen molar-refractivity contribution < 1.29 is 4.74 Å². The lowest BCUT2D eigenvalue weighted by molar-refractivity contribution is 0.415. The molecule has 2 aromatic rings. The Morgan fingerprint density at radius 3 is 2.70 bits per heavy atom. The van der Waals surface area contributed by atoms with Crippen LogP contribution in [0.4, 0.5) is 0 Å². The zero-order valence-corrected chi connectivity index (χ0v) is 12.1. The van der Waals surface area contributed by atoms with Crippen molar-refractivity contribution in [1.82, 2.24) is 14.9 Å². The summed E-state index contributed by atoms with van der Waals surface area (Å²) in [7, 11) is 1.66. The summed E-state index contributed by atoms with van der Waals surface area (Å²) in [5.41, 5.74) is 1.11. The van der Waals surface area contributed by atoms with Crippen LogP contribution in [0.3, 0.4) is 0 Å². The molecular weight excluding hydrogens is 272 g/mol. The highest BCUT2D eigenvalue weighted by Crippen LogP contribution is 2.35. The SMILES string of the molecule is CCc1nnc2n1N=CC=C(c1ccc(OC)cc1)S2. The van der Waals surface area contributed by atoms with Crippen molar-refractivity contribution >= 4 is 22.9 Å². The molecule has 0 amide bonds. The zero-order chi connectivity index (χ0) is 13.9. The van der Waals surface area contributed by atoms with Crippen LogP contribution in [0.25, 0.3) is 4.91 Å². The average molecular weight is 286 g/mol. The van der Waals surface area contributed by atoms with E-state index in [1.807, 2.05) is 37.3 Å². The van der Waals surface area contributed by atoms with Gasteiger partial charge in [0.05, 0.1) is 7.11 Å². The van der Waals surface area contributed by atoms with E-state index in [0.29, 0.717) is 0 Å². The quantitative estimate of drug-likeness (QED) is 0.870. The Bertz CT molecular complexity index is 673. The minimum Gasteiger partial charge on any atom is -0.497 e. The predicted octanol–water partition coefficient (Wildman–Crippen LogP) is 2.83. The lowest BCUT2D eigenvalue weighted by atomic mass is 10.2. The number of fused-ring (bicyclic) bond motifs is 1. The fourth-order valence-corrected chi connectivity index (χ4v) is 2.81. The highest BCUT2D eigenvalue weighted by atomic mass is 32.2. The van der Waals surface area contributed by atoms with E-state index in [4.69, 9.17) is 4.74 Å². The van der Waals surface area contributed by atoms with E-state index in [-0.39, 0.29) is 0 Å². The third-order valence-electron chi connectivity index (χ3n) is 2.98. The summed E-state index contributed by atoms with van der Waals surface area (Å²) in [6.45, 7) is 2.04. The Morgan fingerprint density at radius 2 is 2.00 bits per heavy atom. The molecule has 0 atom stereocenters. The minimum absolute atomic E-state index is 0.790. The van der Waals surface area contributed by atoms with E-state index in [1.54, 1.807) is 29.8 Å². The molecule has 0 aliphatic carbocycles. The number of hydrogen-bond donors (Lipinski definition) is 0. The van der Waals surface area contributed by atoms with Gasteiger partial charge < -0.3 is 4.74 Å². The second kappa shape index (κ2) is 5.50. The van der Waals surface area contributed by atoms with Gasteiger partial charge in [0.15, 0.2) is 5.82 Å². The van der Waals surface area contributed by atoms with Gasteiger partial charge in [-0.25, -0.2) is 0 Å². The normalized spacial score (nSPS) is 13.6. The van der Waals surface area contributed by atoms with E-state index in [2.05, 4.69) is 15.3 Å². The summed E-state index contributed by atoms with van der Waals surface area (Å²) < 4.78 is 6.97. The number of thioether (sulfide) groups is 1. The molecule has 1 aliphatic rings. The third-order valence-corrected chi connectivity index (χ3v) is 4.01. The van der Waals surface area contributed by atoms with Gasteiger partial charge in [0.1, 0.15) is 5.75 Å². The molecule has 20 heavy (non-hydrogen) atoms. The molecule has 1 aliphatic heterocycles. The minimum atomic E-state index is 0.790. The first-order valence-corrected chi connectivity index (χ1v) is 7.14. The van der Waals surface area contributed by atoms with Crippen molar-refractivity contribution in [3.8, 4) is 5.75 Å². The maximum atomic E-state index is 5.18. The lowest BCUT2D eigenvalue weighted by Crippen LogP contribution is -1.96. The number of hydrogen-bond acceptors (Lipinski definition) is 5. The van der Waals surface area contributed by atoms with Crippen LogP contribution in [0.1, 0.15) is 18.3 Å². The molecule has 1 aromatic carbocycles. The van der Waals surface area contributed by atoms with Crippen LogP contribution in [0.5, 0.6) is 5.75 Å². The van der Waals surface area contributed by atoms with E-state index in [9.17, 15) is 0 Å². The van der Waals surface area contributed by atoms with Crippen molar-refractivity contribution in [2.75, 3.05) is 7.11 Å². The Balaban J connectivity index is 1.92. The van der Waals surface area contributed by atoms with Gasteiger partial charge in [0.2, 0.25) is 5.16 Å². The number of methoxy groups -OCH3 is 1. The van der Waals surface area contributed by atoms with Crippen LogP contribution in [-0.2, 0) is 6.42 Å². The largest absolute Gasteiger partial charge is 0.497 e. The Morgan fingerprint density at radius 1 is 1.20 bits per heavy atom. The average Bonchev–Trinajstić information content (AvgIpc) is 2.76. The summed E-state index contributed by atoms with van der Waals surface area (Å²) in [6, 6.07) is 7.94. The van der Waals surface area contributed by atoms with E-state index >= 15 is 0 Å². The van der Waals surface area contributed by atoms with Crippen molar-refractivity contribution in [1.29, 1.82) is 0 Å². The van der Waals surface area contributed by atoms with Crippen molar-refractivity contribution in [3.05, 3.63) is 41.7 Å². The van der Waals surface area contributed by atoms with E-state index in [0.717, 1.165) is 33.6 Å². The Kier molecular flexibility index (Phi) is 3.56. The molecule has 0 saturated heterocycles. The predicted molar refractivity (Wildman–Crippen MR) is 80.1 cm³/mol. The van der Waals surface area contributed by atoms with Gasteiger partial charge in [0, 0.05) is 17.5 Å². The van der Waals surface area contributed by atoms with Crippen LogP contribution >= 0.6 is 11.8 Å². The molecule has 0 spiro atoms. The molecule has 0 bridgehead atoms. The summed E-state index contributed by atoms with van der Waals surface area (Å²) >= 11 is 1.57. The molecule has 5 nitrogen and oxygen atoms in total. The molecule has 1 aromatic heterocycles. The first-order valence-electron chi connectivity index (χ1n) is 6.33. The first kappa shape index (κ1) is 12.9. The monoisotopic (exact) mass is 286 g/mol. The molecule has 2 heterocycles. The van der Waals surface area contributed by atoms with Crippen LogP contribution in [-0.4, -0.2) is 28.2 Å². The number of ether oxygens (including phenoxy) is 1. The van der Waals surface area contributed by atoms with Crippen molar-refractivity contribution in [3.63, 3.8) is 0 Å². The summed E-state index contributed by atoms with van der Waals surface area (Å²) in [5, 5.41) is 13.5. The summed E-state index contributed by atoms with van der Waals surface area (Å²) in [6.07, 6.45) is 4.58. The van der Waals surface area contributed by atoms with Gasteiger partial charge in [-0.1, -0.05) is 19.1 Å². The van der Waals surface area contributed by atoms with Crippen LogP contribution in [0.15, 0.2) is 40.6 Å². The van der Waals surface area contributed by atoms with E-state index < -0.39 is 0 Å². The van der Waals surface area contributed by atoms with E-state index in [1.165, 1.54) is 0 Å². The maximum absolute atomic E-state index is 5.18. The second-order valence-electron chi connectivity index (χ2n) is 4.19. The Labute approximate surface area is 121 Å². The maximum Gasteiger partial charge on any atom is 0.216 e. The number of allylic oxidation sites excluding steroid dienone is 1. The molecule has 0 radical (unpaired) electrons. The zero-order valence-electron chi connectivity index (χ0n) is 11.3. The lowest BCUT2D eigenvalue weighted by Gasteiger charge is -2.05. The van der Waals surface area contributed by atoms with Gasteiger partial charge in [0.25, 0.3) is 0 Å². The Hall–Kier alpha value is -2.08. The van der Waals surface area contributed by atoms with Crippen molar-refractivity contribution in [2.24, 2.45) is 5.10 Å². The molecular formula is C14H14N4OS. The first-order chi connectivity index (χ1) is 9.81. The molecule has 0 unspecified atom stereocenters. The fourth-order valence-electron chi connectivity index (χ4n) is 1.91. The molecule has 102 valence electrons. The molecule has 0 N–H and O–H groups in total. The number of aryl methyl sites for hydroxylation is 1.